The van der Waals surface area contributed by atoms with Crippen LogP contribution in [0.1, 0.15) is 19.2 Å². The molecule has 1 heterocycles. The fourth-order valence-electron chi connectivity index (χ4n) is 1.05. The fourth-order valence-corrected chi connectivity index (χ4v) is 1.05. The Balaban J connectivity index is 2.66. The van der Waals surface area contributed by atoms with Gasteiger partial charge in [0, 0.05) is 12.6 Å². The zero-order chi connectivity index (χ0) is 10.6. The molecule has 0 aliphatic rings. The molecule has 14 heavy (non-hydrogen) atoms. The minimum atomic E-state index is 0.112. The number of nitrogens with one attached hydrogen (secondary N) is 1. The molecule has 0 saturated heterocycles. The monoisotopic (exact) mass is 197 g/mol. The highest BCUT2D eigenvalue weighted by atomic mass is 16.3. The van der Waals surface area contributed by atoms with Gasteiger partial charge in [-0.15, -0.1) is 0 Å². The van der Waals surface area contributed by atoms with E-state index < -0.39 is 0 Å². The topological polar surface area (TPSA) is 97.0 Å². The molecule has 4 N–H and O–H groups in total. The molecule has 0 amide bonds. The van der Waals surface area contributed by atoms with Crippen LogP contribution in [0.5, 0.6) is 0 Å². The third-order valence-electron chi connectivity index (χ3n) is 1.70. The van der Waals surface area contributed by atoms with Crippen LogP contribution >= 0.6 is 0 Å². The van der Waals surface area contributed by atoms with Crippen molar-refractivity contribution < 1.29 is 5.11 Å². The number of aryl methyl sites for hydroxylation is 1. The van der Waals surface area contributed by atoms with Gasteiger partial charge in [-0.1, -0.05) is 0 Å². The second-order valence-corrected chi connectivity index (χ2v) is 3.12. The predicted octanol–water partition coefficient (Wildman–Crippen LogP) is -0.0550. The number of anilines is 2. The van der Waals surface area contributed by atoms with Crippen LogP contribution < -0.4 is 11.1 Å². The van der Waals surface area contributed by atoms with Crippen molar-refractivity contribution in [3.05, 3.63) is 5.82 Å². The van der Waals surface area contributed by atoms with E-state index in [2.05, 4.69) is 20.3 Å². The third kappa shape index (κ3) is 3.14. The summed E-state index contributed by atoms with van der Waals surface area (Å²) in [5.74, 6) is 1.24. The Morgan fingerprint density at radius 2 is 2.14 bits per heavy atom. The van der Waals surface area contributed by atoms with Gasteiger partial charge < -0.3 is 16.2 Å². The van der Waals surface area contributed by atoms with Crippen molar-refractivity contribution >= 4 is 11.9 Å². The predicted molar refractivity (Wildman–Crippen MR) is 53.8 cm³/mol. The molecule has 0 aliphatic carbocycles. The molecule has 0 fully saturated rings. The normalized spacial score (nSPS) is 12.5. The van der Waals surface area contributed by atoms with E-state index in [-0.39, 0.29) is 18.6 Å². The maximum Gasteiger partial charge on any atom is 0.227 e. The standard InChI is InChI=1S/C8H15N5O/c1-5(3-4-14)10-8-12-6(2)11-7(9)13-8/h5,14H,3-4H2,1-2H3,(H3,9,10,11,12,13). The molecule has 1 unspecified atom stereocenters. The molecule has 78 valence electrons. The van der Waals surface area contributed by atoms with Crippen LogP contribution in [0.4, 0.5) is 11.9 Å². The van der Waals surface area contributed by atoms with E-state index in [1.54, 1.807) is 6.92 Å². The smallest absolute Gasteiger partial charge is 0.227 e. The van der Waals surface area contributed by atoms with Gasteiger partial charge >= 0.3 is 0 Å². The second kappa shape index (κ2) is 4.71. The van der Waals surface area contributed by atoms with Gasteiger partial charge in [-0.25, -0.2) is 0 Å². The molecule has 0 radical (unpaired) electrons. The lowest BCUT2D eigenvalue weighted by Gasteiger charge is -2.12. The third-order valence-corrected chi connectivity index (χ3v) is 1.70. The van der Waals surface area contributed by atoms with E-state index >= 15 is 0 Å². The first kappa shape index (κ1) is 10.6. The van der Waals surface area contributed by atoms with Crippen molar-refractivity contribution in [2.45, 2.75) is 26.3 Å². The van der Waals surface area contributed by atoms with E-state index in [9.17, 15) is 0 Å². The molecule has 0 spiro atoms. The number of aliphatic hydroxyl groups excluding tert-OH is 1. The van der Waals surface area contributed by atoms with Gasteiger partial charge in [0.2, 0.25) is 11.9 Å². The molecule has 0 bridgehead atoms. The van der Waals surface area contributed by atoms with E-state index in [1.165, 1.54) is 0 Å². The van der Waals surface area contributed by atoms with Crippen molar-refractivity contribution in [2.24, 2.45) is 0 Å². The lowest BCUT2D eigenvalue weighted by Crippen LogP contribution is -2.19. The minimum Gasteiger partial charge on any atom is -0.396 e. The summed E-state index contributed by atoms with van der Waals surface area (Å²) in [6.07, 6.45) is 0.643. The van der Waals surface area contributed by atoms with Gasteiger partial charge in [0.1, 0.15) is 5.82 Å². The van der Waals surface area contributed by atoms with Crippen LogP contribution in [0.3, 0.4) is 0 Å². The highest BCUT2D eigenvalue weighted by molar-refractivity contribution is 5.31. The average molecular weight is 197 g/mol. The number of aromatic nitrogens is 3. The summed E-state index contributed by atoms with van der Waals surface area (Å²) < 4.78 is 0. The summed E-state index contributed by atoms with van der Waals surface area (Å²) in [7, 11) is 0. The van der Waals surface area contributed by atoms with Crippen LogP contribution in [0.2, 0.25) is 0 Å². The van der Waals surface area contributed by atoms with Crippen molar-refractivity contribution in [1.29, 1.82) is 0 Å². The van der Waals surface area contributed by atoms with E-state index in [0.29, 0.717) is 18.2 Å². The zero-order valence-corrected chi connectivity index (χ0v) is 8.36. The molecular weight excluding hydrogens is 182 g/mol. The van der Waals surface area contributed by atoms with E-state index in [1.807, 2.05) is 6.92 Å². The number of nitrogen functional groups attached to an aromatic ring is 1. The van der Waals surface area contributed by atoms with Crippen molar-refractivity contribution in [2.75, 3.05) is 17.7 Å². The minimum absolute atomic E-state index is 0.112. The van der Waals surface area contributed by atoms with Crippen LogP contribution in [-0.2, 0) is 0 Å². The highest BCUT2D eigenvalue weighted by Gasteiger charge is 2.05. The van der Waals surface area contributed by atoms with Gasteiger partial charge in [0.15, 0.2) is 0 Å². The largest absolute Gasteiger partial charge is 0.396 e. The van der Waals surface area contributed by atoms with Crippen LogP contribution in [-0.4, -0.2) is 32.7 Å². The molecule has 1 aromatic rings. The number of nitrogens with zero attached hydrogens (tertiary/aromatic N) is 3. The zero-order valence-electron chi connectivity index (χ0n) is 8.36. The summed E-state index contributed by atoms with van der Waals surface area (Å²) >= 11 is 0. The van der Waals surface area contributed by atoms with E-state index in [0.717, 1.165) is 0 Å². The molecular formula is C8H15N5O. The first-order valence-corrected chi connectivity index (χ1v) is 4.47. The Labute approximate surface area is 82.6 Å². The Morgan fingerprint density at radius 3 is 2.71 bits per heavy atom. The van der Waals surface area contributed by atoms with Gasteiger partial charge in [0.05, 0.1) is 0 Å². The van der Waals surface area contributed by atoms with Crippen molar-refractivity contribution in [3.8, 4) is 0 Å². The van der Waals surface area contributed by atoms with E-state index in [4.69, 9.17) is 10.8 Å². The maximum atomic E-state index is 8.71. The van der Waals surface area contributed by atoms with Gasteiger partial charge in [-0.3, -0.25) is 0 Å². The quantitative estimate of drug-likeness (QED) is 0.626. The Hall–Kier alpha value is -1.43. The van der Waals surface area contributed by atoms with Crippen LogP contribution in [0, 0.1) is 6.92 Å². The summed E-state index contributed by atoms with van der Waals surface area (Å²) in [5, 5.41) is 11.7. The Morgan fingerprint density at radius 1 is 1.43 bits per heavy atom. The average Bonchev–Trinajstić information content (AvgIpc) is 2.01. The number of nitrogens with two attached hydrogens (primary N) is 1. The molecule has 1 aromatic heterocycles. The molecule has 1 rings (SSSR count). The molecule has 0 saturated carbocycles. The molecule has 6 heteroatoms. The second-order valence-electron chi connectivity index (χ2n) is 3.12. The summed E-state index contributed by atoms with van der Waals surface area (Å²) in [4.78, 5) is 11.8. The first-order chi connectivity index (χ1) is 6.61. The summed E-state index contributed by atoms with van der Waals surface area (Å²) in [5.41, 5.74) is 5.46. The summed E-state index contributed by atoms with van der Waals surface area (Å²) in [6.45, 7) is 3.82. The van der Waals surface area contributed by atoms with Gasteiger partial charge in [0.25, 0.3) is 0 Å². The van der Waals surface area contributed by atoms with Gasteiger partial charge in [-0.05, 0) is 20.3 Å². The van der Waals surface area contributed by atoms with Crippen molar-refractivity contribution in [3.63, 3.8) is 0 Å². The first-order valence-electron chi connectivity index (χ1n) is 4.47. The summed E-state index contributed by atoms with van der Waals surface area (Å²) in [6, 6.07) is 0.112. The van der Waals surface area contributed by atoms with Crippen molar-refractivity contribution in [1.82, 2.24) is 15.0 Å². The molecule has 0 aliphatic heterocycles. The molecule has 6 nitrogen and oxygen atoms in total. The lowest BCUT2D eigenvalue weighted by molar-refractivity contribution is 0.282. The number of hydrogen-bond donors (Lipinski definition) is 3. The van der Waals surface area contributed by atoms with Gasteiger partial charge in [-0.2, -0.15) is 15.0 Å². The fraction of sp³-hybridized carbons (Fsp3) is 0.625. The number of rotatable bonds is 4. The molecule has 0 aromatic carbocycles. The SMILES string of the molecule is Cc1nc(N)nc(NC(C)CCO)n1. The number of aliphatic hydroxyl groups is 1. The number of hydrogen-bond acceptors (Lipinski definition) is 6. The van der Waals surface area contributed by atoms with Crippen LogP contribution in [0.25, 0.3) is 0 Å². The lowest BCUT2D eigenvalue weighted by atomic mass is 10.2. The highest BCUT2D eigenvalue weighted by Crippen LogP contribution is 2.04. The maximum absolute atomic E-state index is 8.71. The Kier molecular flexibility index (Phi) is 3.58. The van der Waals surface area contributed by atoms with Crippen LogP contribution in [0.15, 0.2) is 0 Å². The molecule has 1 atom stereocenters. The Bertz CT molecular complexity index is 284.